The molecule has 0 bridgehead atoms. The summed E-state index contributed by atoms with van der Waals surface area (Å²) in [6.07, 6.45) is 2.11. The van der Waals surface area contributed by atoms with Gasteiger partial charge in [-0.15, -0.1) is 0 Å². The fourth-order valence-electron chi connectivity index (χ4n) is 2.43. The number of hydrogen-bond acceptors (Lipinski definition) is 4. The Balaban J connectivity index is 1.64. The second-order valence-corrected chi connectivity index (χ2v) is 5.13. The fraction of sp³-hybridized carbons (Fsp3) is 0.500. The molecule has 2 N–H and O–H groups in total. The average Bonchev–Trinajstić information content (AvgIpc) is 2.88. The summed E-state index contributed by atoms with van der Waals surface area (Å²) in [6, 6.07) is 6.02. The van der Waals surface area contributed by atoms with Crippen molar-refractivity contribution in [1.29, 1.82) is 0 Å². The Labute approximate surface area is 112 Å². The molecule has 2 heterocycles. The van der Waals surface area contributed by atoms with Crippen molar-refractivity contribution in [2.24, 2.45) is 0 Å². The van der Waals surface area contributed by atoms with E-state index in [0.717, 1.165) is 19.4 Å². The average molecular weight is 262 g/mol. The smallest absolute Gasteiger partial charge is 0.251 e. The van der Waals surface area contributed by atoms with Crippen LogP contribution in [0.1, 0.15) is 30.1 Å². The van der Waals surface area contributed by atoms with Gasteiger partial charge in [0.15, 0.2) is 11.5 Å². The number of carbonyl (C=O) groups is 1. The van der Waals surface area contributed by atoms with Gasteiger partial charge < -0.3 is 20.1 Å². The first-order valence-corrected chi connectivity index (χ1v) is 6.66. The normalized spacial score (nSPS) is 25.1. The molecule has 1 amide bonds. The number of nitrogens with one attached hydrogen (secondary N) is 2. The number of piperidine rings is 1. The highest BCUT2D eigenvalue weighted by atomic mass is 16.7. The Kier molecular flexibility index (Phi) is 3.29. The Morgan fingerprint density at radius 1 is 1.32 bits per heavy atom. The van der Waals surface area contributed by atoms with E-state index in [4.69, 9.17) is 9.47 Å². The number of rotatable bonds is 2. The van der Waals surface area contributed by atoms with Gasteiger partial charge in [-0.3, -0.25) is 4.79 Å². The molecule has 1 aromatic carbocycles. The molecule has 1 saturated heterocycles. The summed E-state index contributed by atoms with van der Waals surface area (Å²) in [5.74, 6) is 1.28. The van der Waals surface area contributed by atoms with Crippen molar-refractivity contribution in [2.75, 3.05) is 13.3 Å². The first kappa shape index (κ1) is 12.3. The standard InChI is InChI=1S/C14H18N2O3/c1-9-2-4-11(7-15-9)16-14(17)10-3-5-12-13(6-10)19-8-18-12/h3,5-6,9,11,15H,2,4,7-8H2,1H3,(H,16,17). The van der Waals surface area contributed by atoms with Crippen molar-refractivity contribution in [1.82, 2.24) is 10.6 Å². The molecule has 5 heteroatoms. The zero-order valence-electron chi connectivity index (χ0n) is 10.9. The van der Waals surface area contributed by atoms with Gasteiger partial charge in [0.1, 0.15) is 0 Å². The van der Waals surface area contributed by atoms with Crippen LogP contribution in [0.3, 0.4) is 0 Å². The van der Waals surface area contributed by atoms with Crippen LogP contribution in [0.25, 0.3) is 0 Å². The van der Waals surface area contributed by atoms with E-state index >= 15 is 0 Å². The van der Waals surface area contributed by atoms with E-state index in [1.165, 1.54) is 0 Å². The summed E-state index contributed by atoms with van der Waals surface area (Å²) >= 11 is 0. The molecule has 1 fully saturated rings. The fourth-order valence-corrected chi connectivity index (χ4v) is 2.43. The third-order valence-electron chi connectivity index (χ3n) is 3.63. The first-order valence-electron chi connectivity index (χ1n) is 6.66. The first-order chi connectivity index (χ1) is 9.22. The van der Waals surface area contributed by atoms with Crippen molar-refractivity contribution in [3.63, 3.8) is 0 Å². The number of fused-ring (bicyclic) bond motifs is 1. The summed E-state index contributed by atoms with van der Waals surface area (Å²) in [4.78, 5) is 12.2. The Morgan fingerprint density at radius 3 is 2.95 bits per heavy atom. The quantitative estimate of drug-likeness (QED) is 0.843. The predicted octanol–water partition coefficient (Wildman–Crippen LogP) is 1.29. The van der Waals surface area contributed by atoms with E-state index in [1.54, 1.807) is 18.2 Å². The lowest BCUT2D eigenvalue weighted by molar-refractivity contribution is 0.0927. The molecule has 19 heavy (non-hydrogen) atoms. The van der Waals surface area contributed by atoms with Gasteiger partial charge in [0.05, 0.1) is 0 Å². The summed E-state index contributed by atoms with van der Waals surface area (Å²) in [6.45, 7) is 3.22. The molecule has 1 aromatic rings. The van der Waals surface area contributed by atoms with Gasteiger partial charge in [-0.1, -0.05) is 0 Å². The lowest BCUT2D eigenvalue weighted by Crippen LogP contribution is -2.48. The SMILES string of the molecule is CC1CCC(NC(=O)c2ccc3c(c2)OCO3)CN1. The maximum Gasteiger partial charge on any atom is 0.251 e. The van der Waals surface area contributed by atoms with Crippen molar-refractivity contribution < 1.29 is 14.3 Å². The summed E-state index contributed by atoms with van der Waals surface area (Å²) in [5, 5.41) is 6.42. The zero-order chi connectivity index (χ0) is 13.2. The van der Waals surface area contributed by atoms with E-state index < -0.39 is 0 Å². The minimum Gasteiger partial charge on any atom is -0.454 e. The zero-order valence-corrected chi connectivity index (χ0v) is 10.9. The molecular formula is C14H18N2O3. The second kappa shape index (κ2) is 5.09. The molecule has 0 radical (unpaired) electrons. The van der Waals surface area contributed by atoms with E-state index in [2.05, 4.69) is 17.6 Å². The van der Waals surface area contributed by atoms with Crippen LogP contribution in [-0.2, 0) is 0 Å². The minimum atomic E-state index is -0.0559. The van der Waals surface area contributed by atoms with E-state index in [0.29, 0.717) is 23.1 Å². The maximum atomic E-state index is 12.2. The lowest BCUT2D eigenvalue weighted by atomic mass is 10.0. The molecule has 0 aliphatic carbocycles. The molecule has 3 rings (SSSR count). The number of amides is 1. The number of carbonyl (C=O) groups excluding carboxylic acids is 1. The predicted molar refractivity (Wildman–Crippen MR) is 70.5 cm³/mol. The van der Waals surface area contributed by atoms with Crippen molar-refractivity contribution in [3.05, 3.63) is 23.8 Å². The summed E-state index contributed by atoms with van der Waals surface area (Å²) in [5.41, 5.74) is 0.614. The van der Waals surface area contributed by atoms with Gasteiger partial charge in [-0.25, -0.2) is 0 Å². The van der Waals surface area contributed by atoms with Gasteiger partial charge in [0, 0.05) is 24.2 Å². The van der Waals surface area contributed by atoms with Crippen molar-refractivity contribution >= 4 is 5.91 Å². The highest BCUT2D eigenvalue weighted by Gasteiger charge is 2.21. The molecule has 102 valence electrons. The highest BCUT2D eigenvalue weighted by Crippen LogP contribution is 2.32. The molecule has 2 aliphatic heterocycles. The monoisotopic (exact) mass is 262 g/mol. The molecule has 2 aliphatic rings. The molecule has 0 aromatic heterocycles. The molecule has 0 saturated carbocycles. The molecule has 2 atom stereocenters. The van der Waals surface area contributed by atoms with Crippen molar-refractivity contribution in [3.8, 4) is 11.5 Å². The van der Waals surface area contributed by atoms with Crippen LogP contribution in [-0.4, -0.2) is 31.3 Å². The second-order valence-electron chi connectivity index (χ2n) is 5.13. The molecule has 0 spiro atoms. The van der Waals surface area contributed by atoms with E-state index in [-0.39, 0.29) is 18.7 Å². The van der Waals surface area contributed by atoms with Crippen LogP contribution in [0.15, 0.2) is 18.2 Å². The topological polar surface area (TPSA) is 59.6 Å². The van der Waals surface area contributed by atoms with Crippen LogP contribution in [0.5, 0.6) is 11.5 Å². The molecule has 2 unspecified atom stereocenters. The third-order valence-corrected chi connectivity index (χ3v) is 3.63. The van der Waals surface area contributed by atoms with Gasteiger partial charge in [-0.2, -0.15) is 0 Å². The van der Waals surface area contributed by atoms with Gasteiger partial charge in [0.25, 0.3) is 5.91 Å². The minimum absolute atomic E-state index is 0.0559. The number of benzene rings is 1. The van der Waals surface area contributed by atoms with Crippen molar-refractivity contribution in [2.45, 2.75) is 31.8 Å². The van der Waals surface area contributed by atoms with Crippen LogP contribution < -0.4 is 20.1 Å². The van der Waals surface area contributed by atoms with E-state index in [9.17, 15) is 4.79 Å². The van der Waals surface area contributed by atoms with Crippen LogP contribution in [0, 0.1) is 0 Å². The van der Waals surface area contributed by atoms with Gasteiger partial charge >= 0.3 is 0 Å². The number of ether oxygens (including phenoxy) is 2. The van der Waals surface area contributed by atoms with Crippen LogP contribution >= 0.6 is 0 Å². The highest BCUT2D eigenvalue weighted by molar-refractivity contribution is 5.95. The maximum absolute atomic E-state index is 12.2. The molecule has 5 nitrogen and oxygen atoms in total. The molecular weight excluding hydrogens is 244 g/mol. The Hall–Kier alpha value is -1.75. The van der Waals surface area contributed by atoms with Gasteiger partial charge in [-0.05, 0) is 38.0 Å². The summed E-state index contributed by atoms with van der Waals surface area (Å²) < 4.78 is 10.5. The summed E-state index contributed by atoms with van der Waals surface area (Å²) in [7, 11) is 0. The van der Waals surface area contributed by atoms with Crippen LogP contribution in [0.2, 0.25) is 0 Å². The Bertz CT molecular complexity index is 482. The number of hydrogen-bond donors (Lipinski definition) is 2. The Morgan fingerprint density at radius 2 is 2.16 bits per heavy atom. The lowest BCUT2D eigenvalue weighted by Gasteiger charge is -2.28. The largest absolute Gasteiger partial charge is 0.454 e. The van der Waals surface area contributed by atoms with E-state index in [1.807, 2.05) is 0 Å². The van der Waals surface area contributed by atoms with Crippen LogP contribution in [0.4, 0.5) is 0 Å². The third kappa shape index (κ3) is 2.66. The van der Waals surface area contributed by atoms with Gasteiger partial charge in [0.2, 0.25) is 6.79 Å².